The van der Waals surface area contributed by atoms with Crippen LogP contribution in [-0.4, -0.2) is 48.7 Å². The summed E-state index contributed by atoms with van der Waals surface area (Å²) in [5.41, 5.74) is 2.18. The number of nitrogens with one attached hydrogen (secondary N) is 1. The fraction of sp³-hybridized carbons (Fsp3) is 0.500. The summed E-state index contributed by atoms with van der Waals surface area (Å²) < 4.78 is 18.3. The second-order valence-electron chi connectivity index (χ2n) is 11.9. The Morgan fingerprint density at radius 3 is 2.77 bits per heavy atom. The maximum atomic E-state index is 13.0. The third kappa shape index (κ3) is 5.42. The van der Waals surface area contributed by atoms with Crippen molar-refractivity contribution in [2.24, 2.45) is 5.92 Å². The van der Waals surface area contributed by atoms with E-state index >= 15 is 0 Å². The van der Waals surface area contributed by atoms with Crippen molar-refractivity contribution in [2.75, 3.05) is 26.2 Å². The lowest BCUT2D eigenvalue weighted by atomic mass is 9.83. The van der Waals surface area contributed by atoms with Crippen molar-refractivity contribution >= 4 is 16.9 Å². The molecule has 7 heteroatoms. The summed E-state index contributed by atoms with van der Waals surface area (Å²) in [6.07, 6.45) is 7.66. The van der Waals surface area contributed by atoms with E-state index in [0.29, 0.717) is 41.0 Å². The molecule has 2 aromatic carbocycles. The molecule has 0 aliphatic carbocycles. The van der Waals surface area contributed by atoms with Crippen molar-refractivity contribution in [2.45, 2.75) is 70.4 Å². The van der Waals surface area contributed by atoms with Gasteiger partial charge in [0.25, 0.3) is 5.91 Å². The van der Waals surface area contributed by atoms with E-state index in [0.717, 1.165) is 36.0 Å². The molecule has 0 unspecified atom stereocenters. The molecule has 1 aromatic heterocycles. The lowest BCUT2D eigenvalue weighted by molar-refractivity contribution is -0.123. The molecular weight excluding hydrogens is 492 g/mol. The minimum atomic E-state index is -0.424. The molecular formula is C32H38N2O5. The first-order valence-electron chi connectivity index (χ1n) is 14.4. The van der Waals surface area contributed by atoms with E-state index in [2.05, 4.69) is 10.2 Å². The van der Waals surface area contributed by atoms with Gasteiger partial charge in [0.15, 0.2) is 6.61 Å². The zero-order valence-electron chi connectivity index (χ0n) is 23.0. The molecule has 1 amide bonds. The molecule has 1 N–H and O–H groups in total. The number of fused-ring (bicyclic) bond motifs is 4. The molecule has 39 heavy (non-hydrogen) atoms. The molecule has 206 valence electrons. The minimum absolute atomic E-state index is 0.119. The van der Waals surface area contributed by atoms with Crippen molar-refractivity contribution in [3.8, 4) is 22.6 Å². The molecule has 4 heterocycles. The van der Waals surface area contributed by atoms with Crippen molar-refractivity contribution < 1.29 is 18.7 Å². The van der Waals surface area contributed by atoms with Crippen LogP contribution in [-0.2, 0) is 11.2 Å². The number of ether oxygens (including phenoxy) is 2. The molecule has 3 aliphatic rings. The molecule has 3 aliphatic heterocycles. The number of amides is 1. The van der Waals surface area contributed by atoms with E-state index in [1.54, 1.807) is 0 Å². The summed E-state index contributed by atoms with van der Waals surface area (Å²) in [5, 5.41) is 3.83. The van der Waals surface area contributed by atoms with Crippen LogP contribution in [0, 0.1) is 5.92 Å². The number of hydrogen-bond acceptors (Lipinski definition) is 6. The molecule has 6 rings (SSSR count). The van der Waals surface area contributed by atoms with Gasteiger partial charge in [0.1, 0.15) is 22.7 Å². The topological polar surface area (TPSA) is 81.0 Å². The van der Waals surface area contributed by atoms with Gasteiger partial charge in [0, 0.05) is 35.8 Å². The van der Waals surface area contributed by atoms with E-state index in [1.165, 1.54) is 44.8 Å². The fourth-order valence-corrected chi connectivity index (χ4v) is 6.66. The van der Waals surface area contributed by atoms with Gasteiger partial charge in [-0.3, -0.25) is 4.79 Å². The van der Waals surface area contributed by atoms with E-state index in [-0.39, 0.29) is 18.1 Å². The lowest BCUT2D eigenvalue weighted by Crippen LogP contribution is -2.51. The molecule has 2 fully saturated rings. The van der Waals surface area contributed by atoms with Crippen molar-refractivity contribution in [1.29, 1.82) is 0 Å². The van der Waals surface area contributed by atoms with Crippen LogP contribution < -0.4 is 20.4 Å². The predicted octanol–water partition coefficient (Wildman–Crippen LogP) is 5.32. The van der Waals surface area contributed by atoms with Gasteiger partial charge in [0.05, 0.1) is 5.39 Å². The number of nitrogens with zero attached hydrogens (tertiary/aromatic N) is 1. The summed E-state index contributed by atoms with van der Waals surface area (Å²) >= 11 is 0. The van der Waals surface area contributed by atoms with Gasteiger partial charge in [-0.05, 0) is 76.9 Å². The Labute approximate surface area is 229 Å². The number of benzene rings is 2. The van der Waals surface area contributed by atoms with Gasteiger partial charge >= 0.3 is 5.63 Å². The number of hydrogen-bond donors (Lipinski definition) is 1. The molecule has 0 saturated carbocycles. The zero-order valence-corrected chi connectivity index (χ0v) is 23.0. The highest BCUT2D eigenvalue weighted by molar-refractivity contribution is 6.00. The van der Waals surface area contributed by atoms with Gasteiger partial charge < -0.3 is 24.1 Å². The van der Waals surface area contributed by atoms with Gasteiger partial charge in [-0.1, -0.05) is 36.8 Å². The molecule has 0 radical (unpaired) electrons. The van der Waals surface area contributed by atoms with Crippen LogP contribution in [0.2, 0.25) is 0 Å². The number of aryl methyl sites for hydroxylation is 1. The maximum Gasteiger partial charge on any atom is 0.336 e. The number of piperidine rings is 2. The largest absolute Gasteiger partial charge is 0.487 e. The Kier molecular flexibility index (Phi) is 7.10. The van der Waals surface area contributed by atoms with E-state index in [9.17, 15) is 9.59 Å². The van der Waals surface area contributed by atoms with Crippen LogP contribution in [0.5, 0.6) is 11.5 Å². The summed E-state index contributed by atoms with van der Waals surface area (Å²) in [4.78, 5) is 28.3. The van der Waals surface area contributed by atoms with Gasteiger partial charge in [0.2, 0.25) is 0 Å². The minimum Gasteiger partial charge on any atom is -0.487 e. The Balaban J connectivity index is 1.28. The molecule has 2 atom stereocenters. The standard InChI is InChI=1S/C32H38N2O5/c1-32(2)14-13-23-26(39-32)18-27(30-24(17-29(36)38-31(23)30)21-9-4-3-5-10-21)37-20-28(35)33-19-22-11-8-16-34-15-7-6-12-25(22)34/h3-5,9-10,17-18,22,25H,6-8,11-16,19-20H2,1-2H3,(H,33,35)/t22-,25+/m1/s1. The van der Waals surface area contributed by atoms with Crippen molar-refractivity contribution in [1.82, 2.24) is 10.2 Å². The Morgan fingerprint density at radius 1 is 1.10 bits per heavy atom. The molecule has 3 aromatic rings. The molecule has 0 spiro atoms. The Morgan fingerprint density at radius 2 is 1.92 bits per heavy atom. The van der Waals surface area contributed by atoms with Crippen molar-refractivity contribution in [3.63, 3.8) is 0 Å². The zero-order chi connectivity index (χ0) is 27.0. The lowest BCUT2D eigenvalue weighted by Gasteiger charge is -2.44. The van der Waals surface area contributed by atoms with Crippen LogP contribution in [0.15, 0.2) is 51.7 Å². The highest BCUT2D eigenvalue weighted by atomic mass is 16.5. The van der Waals surface area contributed by atoms with Gasteiger partial charge in [-0.25, -0.2) is 4.79 Å². The van der Waals surface area contributed by atoms with Crippen LogP contribution in [0.3, 0.4) is 0 Å². The van der Waals surface area contributed by atoms with Crippen LogP contribution >= 0.6 is 0 Å². The second kappa shape index (κ2) is 10.7. The average Bonchev–Trinajstić information content (AvgIpc) is 2.94. The summed E-state index contributed by atoms with van der Waals surface area (Å²) in [6.45, 7) is 7.01. The first kappa shape index (κ1) is 25.9. The number of rotatable bonds is 6. The number of carbonyl (C=O) groups is 1. The quantitative estimate of drug-likeness (QED) is 0.435. The smallest absolute Gasteiger partial charge is 0.336 e. The van der Waals surface area contributed by atoms with E-state index in [1.807, 2.05) is 50.2 Å². The van der Waals surface area contributed by atoms with Gasteiger partial charge in [-0.2, -0.15) is 0 Å². The average molecular weight is 531 g/mol. The monoisotopic (exact) mass is 530 g/mol. The molecule has 7 nitrogen and oxygen atoms in total. The third-order valence-electron chi connectivity index (χ3n) is 8.64. The Hall–Kier alpha value is -3.32. The maximum absolute atomic E-state index is 13.0. The first-order valence-corrected chi connectivity index (χ1v) is 14.4. The van der Waals surface area contributed by atoms with Gasteiger partial charge in [-0.15, -0.1) is 0 Å². The third-order valence-corrected chi connectivity index (χ3v) is 8.64. The Bertz CT molecular complexity index is 1410. The molecule has 2 saturated heterocycles. The summed E-state index contributed by atoms with van der Waals surface area (Å²) in [7, 11) is 0. The molecule has 0 bridgehead atoms. The fourth-order valence-electron chi connectivity index (χ4n) is 6.66. The van der Waals surface area contributed by atoms with Crippen LogP contribution in [0.1, 0.15) is 57.9 Å². The van der Waals surface area contributed by atoms with Crippen LogP contribution in [0.25, 0.3) is 22.1 Å². The number of carbonyl (C=O) groups excluding carboxylic acids is 1. The van der Waals surface area contributed by atoms with Crippen molar-refractivity contribution in [3.05, 3.63) is 58.4 Å². The highest BCUT2D eigenvalue weighted by Gasteiger charge is 2.33. The summed E-state index contributed by atoms with van der Waals surface area (Å²) in [6, 6.07) is 13.7. The first-order chi connectivity index (χ1) is 18.9. The SMILES string of the molecule is CC1(C)CCc2c(cc(OCC(=O)NC[C@H]3CCCN4CCCC[C@@H]34)c3c(-c4ccccc4)cc(=O)oc23)O1. The summed E-state index contributed by atoms with van der Waals surface area (Å²) in [5.74, 6) is 1.47. The second-order valence-corrected chi connectivity index (χ2v) is 11.9. The normalized spacial score (nSPS) is 22.4. The van der Waals surface area contributed by atoms with E-state index in [4.69, 9.17) is 13.9 Å². The predicted molar refractivity (Wildman–Crippen MR) is 151 cm³/mol. The van der Waals surface area contributed by atoms with Crippen LogP contribution in [0.4, 0.5) is 0 Å². The highest BCUT2D eigenvalue weighted by Crippen LogP contribution is 2.44. The van der Waals surface area contributed by atoms with E-state index < -0.39 is 5.63 Å².